The van der Waals surface area contributed by atoms with Gasteiger partial charge >= 0.3 is 12.1 Å². The maximum Gasteiger partial charge on any atom is 0.457 e. The van der Waals surface area contributed by atoms with E-state index in [2.05, 4.69) is 4.74 Å². The molecule has 1 saturated heterocycles. The summed E-state index contributed by atoms with van der Waals surface area (Å²) in [4.78, 5) is 3.07. The second kappa shape index (κ2) is 7.11. The van der Waals surface area contributed by atoms with E-state index in [-0.39, 0.29) is 13.1 Å². The van der Waals surface area contributed by atoms with E-state index < -0.39 is 18.3 Å². The van der Waals surface area contributed by atoms with Crippen molar-refractivity contribution in [2.45, 2.75) is 24.9 Å². The molecule has 3 nitrogen and oxygen atoms in total. The van der Waals surface area contributed by atoms with Gasteiger partial charge in [0, 0.05) is 39.8 Å². The molecular weight excluding hydrogens is 319 g/mol. The Labute approximate surface area is 131 Å². The molecule has 1 fully saturated rings. The number of piperazine rings is 1. The summed E-state index contributed by atoms with van der Waals surface area (Å²) < 4.78 is 69.1. The minimum Gasteiger partial charge on any atom is -0.360 e. The van der Waals surface area contributed by atoms with Crippen molar-refractivity contribution in [3.63, 3.8) is 0 Å². The van der Waals surface area contributed by atoms with Crippen molar-refractivity contribution in [2.24, 2.45) is 0 Å². The molecule has 2 rings (SSSR count). The van der Waals surface area contributed by atoms with Crippen molar-refractivity contribution in [1.82, 2.24) is 9.80 Å². The fourth-order valence-corrected chi connectivity index (χ4v) is 2.66. The quantitative estimate of drug-likeness (QED) is 0.768. The zero-order valence-corrected chi connectivity index (χ0v) is 12.7. The molecule has 1 aromatic rings. The molecule has 8 heteroatoms. The zero-order valence-electron chi connectivity index (χ0n) is 12.7. The monoisotopic (exact) mass is 338 g/mol. The first-order valence-electron chi connectivity index (χ1n) is 7.23. The van der Waals surface area contributed by atoms with Crippen LogP contribution in [0.2, 0.25) is 0 Å². The van der Waals surface area contributed by atoms with Crippen molar-refractivity contribution in [3.8, 4) is 0 Å². The number of rotatable bonds is 5. The molecule has 1 unspecified atom stereocenters. The Balaban J connectivity index is 1.95. The summed E-state index contributed by atoms with van der Waals surface area (Å²) in [7, 11) is 0.876. The van der Waals surface area contributed by atoms with Gasteiger partial charge in [-0.05, 0) is 5.56 Å². The molecule has 0 aliphatic carbocycles. The van der Waals surface area contributed by atoms with Crippen LogP contribution in [0, 0.1) is 0 Å². The van der Waals surface area contributed by atoms with E-state index >= 15 is 0 Å². The fraction of sp³-hybridized carbons (Fsp3) is 0.600. The molecule has 1 aromatic carbocycles. The third kappa shape index (κ3) is 4.19. The minimum atomic E-state index is -5.63. The van der Waals surface area contributed by atoms with Gasteiger partial charge in [0.25, 0.3) is 0 Å². The number of benzene rings is 1. The molecule has 1 heterocycles. The number of nitrogens with zero attached hydrogens (tertiary/aromatic N) is 2. The fourth-order valence-electron chi connectivity index (χ4n) is 2.66. The summed E-state index contributed by atoms with van der Waals surface area (Å²) in [5.41, 5.74) is 1.07. The van der Waals surface area contributed by atoms with Crippen molar-refractivity contribution < 1.29 is 26.7 Å². The highest BCUT2D eigenvalue weighted by molar-refractivity contribution is 5.14. The van der Waals surface area contributed by atoms with Gasteiger partial charge in [-0.2, -0.15) is 22.0 Å². The van der Waals surface area contributed by atoms with Crippen LogP contribution < -0.4 is 0 Å². The second-order valence-electron chi connectivity index (χ2n) is 5.51. The van der Waals surface area contributed by atoms with E-state index in [0.717, 1.165) is 17.6 Å². The molecule has 0 amide bonds. The van der Waals surface area contributed by atoms with Gasteiger partial charge in [0.1, 0.15) is 0 Å². The summed E-state index contributed by atoms with van der Waals surface area (Å²) in [6.45, 7) is 1.64. The molecule has 0 bridgehead atoms. The zero-order chi connectivity index (χ0) is 17.1. The van der Waals surface area contributed by atoms with Crippen LogP contribution in [0.3, 0.4) is 0 Å². The third-order valence-corrected chi connectivity index (χ3v) is 3.90. The molecule has 1 aliphatic rings. The molecule has 0 N–H and O–H groups in total. The smallest absolute Gasteiger partial charge is 0.360 e. The number of methoxy groups -OCH3 is 1. The van der Waals surface area contributed by atoms with E-state index in [4.69, 9.17) is 0 Å². The average Bonchev–Trinajstić information content (AvgIpc) is 2.49. The van der Waals surface area contributed by atoms with Crippen LogP contribution in [0.5, 0.6) is 0 Å². The SMILES string of the molecule is COC(N1CCN(Cc2ccccc2)CC1)C(F)(F)C(F)(F)F. The molecule has 0 aromatic heterocycles. The second-order valence-corrected chi connectivity index (χ2v) is 5.51. The number of halogens is 5. The molecule has 0 spiro atoms. The van der Waals surface area contributed by atoms with Gasteiger partial charge < -0.3 is 4.74 Å². The van der Waals surface area contributed by atoms with Crippen molar-refractivity contribution in [2.75, 3.05) is 33.3 Å². The van der Waals surface area contributed by atoms with Gasteiger partial charge in [-0.25, -0.2) is 0 Å². The van der Waals surface area contributed by atoms with E-state index in [1.807, 2.05) is 35.2 Å². The Morgan fingerprint density at radius 2 is 1.57 bits per heavy atom. The lowest BCUT2D eigenvalue weighted by molar-refractivity contribution is -0.339. The van der Waals surface area contributed by atoms with E-state index in [0.29, 0.717) is 19.6 Å². The van der Waals surface area contributed by atoms with Gasteiger partial charge in [-0.15, -0.1) is 0 Å². The minimum absolute atomic E-state index is 0.0943. The van der Waals surface area contributed by atoms with Gasteiger partial charge in [0.05, 0.1) is 0 Å². The summed E-state index contributed by atoms with van der Waals surface area (Å²) in [6.07, 6.45) is -7.92. The van der Waals surface area contributed by atoms with E-state index in [1.165, 1.54) is 0 Å². The summed E-state index contributed by atoms with van der Waals surface area (Å²) in [5.74, 6) is -4.90. The normalized spacial score (nSPS) is 19.7. The topological polar surface area (TPSA) is 15.7 Å². The molecule has 130 valence electrons. The maximum atomic E-state index is 13.5. The predicted octanol–water partition coefficient (Wildman–Crippen LogP) is 2.97. The Morgan fingerprint density at radius 1 is 1.00 bits per heavy atom. The highest BCUT2D eigenvalue weighted by Crippen LogP contribution is 2.40. The van der Waals surface area contributed by atoms with Crippen LogP contribution in [-0.4, -0.2) is 61.4 Å². The largest absolute Gasteiger partial charge is 0.457 e. The van der Waals surface area contributed by atoms with Crippen LogP contribution >= 0.6 is 0 Å². The molecule has 1 atom stereocenters. The van der Waals surface area contributed by atoms with Crippen LogP contribution in [0.4, 0.5) is 22.0 Å². The number of ether oxygens (including phenoxy) is 1. The summed E-state index contributed by atoms with van der Waals surface area (Å²) in [5, 5.41) is 0. The summed E-state index contributed by atoms with van der Waals surface area (Å²) in [6, 6.07) is 9.58. The Hall–Kier alpha value is -1.25. The number of alkyl halides is 5. The third-order valence-electron chi connectivity index (χ3n) is 3.90. The molecule has 1 aliphatic heterocycles. The number of hydrogen-bond donors (Lipinski definition) is 0. The Kier molecular flexibility index (Phi) is 5.59. The van der Waals surface area contributed by atoms with Crippen LogP contribution in [0.15, 0.2) is 30.3 Å². The summed E-state index contributed by atoms with van der Waals surface area (Å²) >= 11 is 0. The van der Waals surface area contributed by atoms with Gasteiger partial charge in [-0.3, -0.25) is 9.80 Å². The highest BCUT2D eigenvalue weighted by atomic mass is 19.4. The van der Waals surface area contributed by atoms with Crippen LogP contribution in [-0.2, 0) is 11.3 Å². The van der Waals surface area contributed by atoms with Gasteiger partial charge in [-0.1, -0.05) is 30.3 Å². The number of hydrogen-bond acceptors (Lipinski definition) is 3. The molecular formula is C15H19F5N2O. The molecule has 0 radical (unpaired) electrons. The Bertz CT molecular complexity index is 486. The lowest BCUT2D eigenvalue weighted by atomic mass is 10.1. The molecule has 23 heavy (non-hydrogen) atoms. The Morgan fingerprint density at radius 3 is 2.04 bits per heavy atom. The first-order valence-corrected chi connectivity index (χ1v) is 7.23. The van der Waals surface area contributed by atoms with Crippen molar-refractivity contribution in [1.29, 1.82) is 0 Å². The standard InChI is InChI=1S/C15H19F5N2O/c1-23-13(14(16,17)15(18,19)20)22-9-7-21(8-10-22)11-12-5-3-2-4-6-12/h2-6,13H,7-11H2,1H3. The van der Waals surface area contributed by atoms with E-state index in [1.54, 1.807) is 0 Å². The van der Waals surface area contributed by atoms with Gasteiger partial charge in [0.2, 0.25) is 0 Å². The maximum absolute atomic E-state index is 13.5. The average molecular weight is 338 g/mol. The lowest BCUT2D eigenvalue weighted by Gasteiger charge is -2.41. The highest BCUT2D eigenvalue weighted by Gasteiger charge is 2.64. The van der Waals surface area contributed by atoms with Crippen LogP contribution in [0.25, 0.3) is 0 Å². The molecule has 0 saturated carbocycles. The van der Waals surface area contributed by atoms with E-state index in [9.17, 15) is 22.0 Å². The lowest BCUT2D eigenvalue weighted by Crippen LogP contribution is -2.60. The first-order chi connectivity index (χ1) is 10.8. The van der Waals surface area contributed by atoms with Crippen LogP contribution in [0.1, 0.15) is 5.56 Å². The predicted molar refractivity (Wildman–Crippen MR) is 75.1 cm³/mol. The van der Waals surface area contributed by atoms with Gasteiger partial charge in [0.15, 0.2) is 6.23 Å². The first kappa shape index (κ1) is 18.1. The van der Waals surface area contributed by atoms with Crippen molar-refractivity contribution in [3.05, 3.63) is 35.9 Å². The van der Waals surface area contributed by atoms with Crippen molar-refractivity contribution >= 4 is 0 Å².